The number of guanidine groups is 1. The molecule has 6 heteroatoms. The first-order valence-corrected chi connectivity index (χ1v) is 8.14. The van der Waals surface area contributed by atoms with E-state index in [-0.39, 0.29) is 6.10 Å². The van der Waals surface area contributed by atoms with E-state index in [2.05, 4.69) is 15.3 Å². The van der Waals surface area contributed by atoms with Gasteiger partial charge in [-0.1, -0.05) is 18.2 Å². The number of nitrogens with zero attached hydrogens (tertiary/aromatic N) is 3. The van der Waals surface area contributed by atoms with E-state index in [1.165, 1.54) is 0 Å². The largest absolute Gasteiger partial charge is 0.377 e. The molecule has 0 atom stereocenters. The third-order valence-electron chi connectivity index (χ3n) is 3.71. The summed E-state index contributed by atoms with van der Waals surface area (Å²) in [6, 6.07) is 13.8. The number of hydrogen-bond donors (Lipinski definition) is 2. The highest BCUT2D eigenvalue weighted by molar-refractivity contribution is 5.83. The smallest absolute Gasteiger partial charge is 0.196 e. The summed E-state index contributed by atoms with van der Waals surface area (Å²) < 4.78 is 5.60. The van der Waals surface area contributed by atoms with Crippen molar-refractivity contribution in [3.05, 3.63) is 48.2 Å². The van der Waals surface area contributed by atoms with Gasteiger partial charge in [0.1, 0.15) is 5.82 Å². The second-order valence-electron chi connectivity index (χ2n) is 5.96. The van der Waals surface area contributed by atoms with Crippen LogP contribution in [-0.4, -0.2) is 35.1 Å². The number of aromatic nitrogens is 1. The van der Waals surface area contributed by atoms with E-state index in [9.17, 15) is 0 Å². The SMILES string of the molecule is CC(C)OCCN1Cc2nc(Nc3ccccc3)ccc2N=C1N. The van der Waals surface area contributed by atoms with Gasteiger partial charge >= 0.3 is 0 Å². The van der Waals surface area contributed by atoms with E-state index in [4.69, 9.17) is 10.5 Å². The fourth-order valence-electron chi connectivity index (χ4n) is 2.50. The summed E-state index contributed by atoms with van der Waals surface area (Å²) >= 11 is 0. The molecular formula is C18H23N5O. The van der Waals surface area contributed by atoms with Crippen LogP contribution in [0.5, 0.6) is 0 Å². The van der Waals surface area contributed by atoms with Gasteiger partial charge in [0.05, 0.1) is 30.6 Å². The molecule has 2 aromatic rings. The van der Waals surface area contributed by atoms with Crippen LogP contribution in [0.2, 0.25) is 0 Å². The molecule has 1 aromatic heterocycles. The number of nitrogens with two attached hydrogens (primary N) is 1. The minimum absolute atomic E-state index is 0.208. The van der Waals surface area contributed by atoms with Crippen molar-refractivity contribution in [2.45, 2.75) is 26.5 Å². The number of aliphatic imine (C=N–C) groups is 1. The molecule has 0 bridgehead atoms. The Morgan fingerprint density at radius 1 is 1.21 bits per heavy atom. The van der Waals surface area contributed by atoms with Gasteiger partial charge in [0.25, 0.3) is 0 Å². The van der Waals surface area contributed by atoms with Gasteiger partial charge < -0.3 is 20.7 Å². The maximum atomic E-state index is 6.05. The number of para-hydroxylation sites is 1. The molecule has 126 valence electrons. The summed E-state index contributed by atoms with van der Waals surface area (Å²) in [7, 11) is 0. The molecule has 0 fully saturated rings. The molecule has 1 aromatic carbocycles. The molecule has 24 heavy (non-hydrogen) atoms. The van der Waals surface area contributed by atoms with Crippen LogP contribution in [0.3, 0.4) is 0 Å². The molecule has 0 radical (unpaired) electrons. The average molecular weight is 325 g/mol. The van der Waals surface area contributed by atoms with E-state index in [0.717, 1.165) is 22.9 Å². The molecule has 2 heterocycles. The lowest BCUT2D eigenvalue weighted by Crippen LogP contribution is -2.41. The van der Waals surface area contributed by atoms with Crippen molar-refractivity contribution in [3.63, 3.8) is 0 Å². The predicted molar refractivity (Wildman–Crippen MR) is 96.7 cm³/mol. The normalized spacial score (nSPS) is 13.6. The zero-order valence-corrected chi connectivity index (χ0v) is 14.1. The highest BCUT2D eigenvalue weighted by atomic mass is 16.5. The molecule has 0 saturated heterocycles. The molecule has 0 aliphatic carbocycles. The second kappa shape index (κ2) is 7.31. The average Bonchev–Trinajstić information content (AvgIpc) is 2.56. The Bertz CT molecular complexity index is 715. The number of hydrogen-bond acceptors (Lipinski definition) is 6. The van der Waals surface area contributed by atoms with Gasteiger partial charge in [-0.05, 0) is 38.1 Å². The van der Waals surface area contributed by atoms with E-state index in [1.807, 2.05) is 61.2 Å². The number of rotatable bonds is 6. The Kier molecular flexibility index (Phi) is 4.96. The van der Waals surface area contributed by atoms with Gasteiger partial charge in [-0.15, -0.1) is 0 Å². The number of fused-ring (bicyclic) bond motifs is 1. The number of ether oxygens (including phenoxy) is 1. The predicted octanol–water partition coefficient (Wildman–Crippen LogP) is 3.01. The van der Waals surface area contributed by atoms with E-state index >= 15 is 0 Å². The molecule has 0 spiro atoms. The quantitative estimate of drug-likeness (QED) is 0.854. The van der Waals surface area contributed by atoms with Crippen molar-refractivity contribution in [1.82, 2.24) is 9.88 Å². The van der Waals surface area contributed by atoms with Gasteiger partial charge in [-0.3, -0.25) is 0 Å². The van der Waals surface area contributed by atoms with E-state index in [0.29, 0.717) is 25.7 Å². The minimum atomic E-state index is 0.208. The lowest BCUT2D eigenvalue weighted by atomic mass is 10.2. The Labute approximate surface area is 142 Å². The minimum Gasteiger partial charge on any atom is -0.377 e. The highest BCUT2D eigenvalue weighted by Crippen LogP contribution is 2.26. The monoisotopic (exact) mass is 325 g/mol. The molecule has 3 N–H and O–H groups in total. The molecule has 3 rings (SSSR count). The Morgan fingerprint density at radius 3 is 2.75 bits per heavy atom. The summed E-state index contributed by atoms with van der Waals surface area (Å²) in [5.74, 6) is 1.31. The first kappa shape index (κ1) is 16.3. The van der Waals surface area contributed by atoms with Crippen LogP contribution in [-0.2, 0) is 11.3 Å². The van der Waals surface area contributed by atoms with Crippen molar-refractivity contribution >= 4 is 23.2 Å². The van der Waals surface area contributed by atoms with Crippen molar-refractivity contribution in [2.24, 2.45) is 10.7 Å². The van der Waals surface area contributed by atoms with E-state index in [1.54, 1.807) is 0 Å². The molecule has 0 saturated carbocycles. The first-order valence-electron chi connectivity index (χ1n) is 8.14. The van der Waals surface area contributed by atoms with Crippen LogP contribution in [0.15, 0.2) is 47.5 Å². The van der Waals surface area contributed by atoms with Crippen LogP contribution in [0, 0.1) is 0 Å². The highest BCUT2D eigenvalue weighted by Gasteiger charge is 2.19. The molecule has 0 amide bonds. The summed E-state index contributed by atoms with van der Waals surface area (Å²) in [6.45, 7) is 5.99. The number of nitrogens with one attached hydrogen (secondary N) is 1. The van der Waals surface area contributed by atoms with Crippen LogP contribution >= 0.6 is 0 Å². The molecule has 1 aliphatic heterocycles. The Morgan fingerprint density at radius 2 is 2.00 bits per heavy atom. The van der Waals surface area contributed by atoms with Crippen molar-refractivity contribution in [3.8, 4) is 0 Å². The van der Waals surface area contributed by atoms with Crippen LogP contribution in [0.1, 0.15) is 19.5 Å². The fraction of sp³-hybridized carbons (Fsp3) is 0.333. The van der Waals surface area contributed by atoms with Gasteiger partial charge in [0.2, 0.25) is 0 Å². The second-order valence-corrected chi connectivity index (χ2v) is 5.96. The topological polar surface area (TPSA) is 75.8 Å². The lowest BCUT2D eigenvalue weighted by Gasteiger charge is -2.28. The third-order valence-corrected chi connectivity index (χ3v) is 3.71. The van der Waals surface area contributed by atoms with Gasteiger partial charge in [0.15, 0.2) is 5.96 Å². The standard InChI is InChI=1S/C18H23N5O/c1-13(2)24-11-10-23-12-16-15(22-18(23)19)8-9-17(21-16)20-14-6-4-3-5-7-14/h3-9,13H,10-12H2,1-2H3,(H2,19,22)(H,20,21). The maximum Gasteiger partial charge on any atom is 0.196 e. The summed E-state index contributed by atoms with van der Waals surface area (Å²) in [5, 5.41) is 3.30. The summed E-state index contributed by atoms with van der Waals surface area (Å²) in [4.78, 5) is 11.1. The zero-order valence-electron chi connectivity index (χ0n) is 14.1. The number of anilines is 2. The van der Waals surface area contributed by atoms with Gasteiger partial charge in [0, 0.05) is 12.2 Å². The molecule has 0 unspecified atom stereocenters. The van der Waals surface area contributed by atoms with Crippen LogP contribution in [0.4, 0.5) is 17.2 Å². The van der Waals surface area contributed by atoms with Crippen molar-refractivity contribution in [1.29, 1.82) is 0 Å². The Balaban J connectivity index is 1.71. The Hall–Kier alpha value is -2.60. The zero-order chi connectivity index (χ0) is 16.9. The van der Waals surface area contributed by atoms with Crippen molar-refractivity contribution < 1.29 is 4.74 Å². The first-order chi connectivity index (χ1) is 11.6. The van der Waals surface area contributed by atoms with Crippen molar-refractivity contribution in [2.75, 3.05) is 18.5 Å². The number of benzene rings is 1. The lowest BCUT2D eigenvalue weighted by molar-refractivity contribution is 0.0686. The van der Waals surface area contributed by atoms with Crippen LogP contribution < -0.4 is 11.1 Å². The molecule has 6 nitrogen and oxygen atoms in total. The molecule has 1 aliphatic rings. The summed E-state index contributed by atoms with van der Waals surface area (Å²) in [6.07, 6.45) is 0.208. The van der Waals surface area contributed by atoms with E-state index < -0.39 is 0 Å². The summed E-state index contributed by atoms with van der Waals surface area (Å²) in [5.41, 5.74) is 8.79. The maximum absolute atomic E-state index is 6.05. The number of pyridine rings is 1. The molecular weight excluding hydrogens is 302 g/mol. The van der Waals surface area contributed by atoms with Gasteiger partial charge in [-0.25, -0.2) is 9.98 Å². The van der Waals surface area contributed by atoms with Crippen LogP contribution in [0.25, 0.3) is 0 Å². The fourth-order valence-corrected chi connectivity index (χ4v) is 2.50. The third kappa shape index (κ3) is 4.02. The van der Waals surface area contributed by atoms with Gasteiger partial charge in [-0.2, -0.15) is 0 Å².